The molecular formula is C79H151NO8. The minimum absolute atomic E-state index is 0.152. The zero-order valence-electron chi connectivity index (χ0n) is 59.6. The highest BCUT2D eigenvalue weighted by molar-refractivity contribution is 5.70. The summed E-state index contributed by atoms with van der Waals surface area (Å²) in [5.74, 6) is -2.24. The van der Waals surface area contributed by atoms with Gasteiger partial charge in [-0.2, -0.15) is 0 Å². The predicted octanol–water partition coefficient (Wildman–Crippen LogP) is 23.2. The highest BCUT2D eigenvalue weighted by Crippen LogP contribution is 2.20. The van der Waals surface area contributed by atoms with Gasteiger partial charge in [0.15, 0.2) is 12.4 Å². The van der Waals surface area contributed by atoms with Crippen LogP contribution in [0.4, 0.5) is 0 Å². The van der Waals surface area contributed by atoms with E-state index in [0.717, 1.165) is 44.9 Å². The van der Waals surface area contributed by atoms with Crippen molar-refractivity contribution in [2.45, 2.75) is 418 Å². The lowest BCUT2D eigenvalue weighted by Gasteiger charge is -2.26. The van der Waals surface area contributed by atoms with Crippen LogP contribution in [0.1, 0.15) is 406 Å². The van der Waals surface area contributed by atoms with Crippen molar-refractivity contribution in [2.75, 3.05) is 47.5 Å². The summed E-state index contributed by atoms with van der Waals surface area (Å²) in [4.78, 5) is 37.5. The summed E-state index contributed by atoms with van der Waals surface area (Å²) >= 11 is 0. The third-order valence-electron chi connectivity index (χ3n) is 18.0. The molecular weight excluding hydrogens is 1090 g/mol. The van der Waals surface area contributed by atoms with E-state index in [1.807, 2.05) is 21.1 Å². The monoisotopic (exact) mass is 1240 g/mol. The Morgan fingerprint density at radius 2 is 0.614 bits per heavy atom. The molecule has 0 saturated heterocycles. The van der Waals surface area contributed by atoms with Crippen LogP contribution in [0, 0.1) is 0 Å². The van der Waals surface area contributed by atoms with Gasteiger partial charge in [-0.25, -0.2) is 0 Å². The molecule has 88 heavy (non-hydrogen) atoms. The number of ether oxygens (including phenoxy) is 4. The van der Waals surface area contributed by atoms with Gasteiger partial charge in [0.05, 0.1) is 40.3 Å². The molecule has 0 heterocycles. The highest BCUT2D eigenvalue weighted by Gasteiger charge is 2.22. The number of carbonyl (C=O) groups excluding carboxylic acids is 3. The first kappa shape index (κ1) is 85.8. The average molecular weight is 1240 g/mol. The molecule has 0 saturated carbocycles. The number of hydrogen-bond acceptors (Lipinski definition) is 8. The van der Waals surface area contributed by atoms with Crippen LogP contribution in [0.2, 0.25) is 0 Å². The van der Waals surface area contributed by atoms with E-state index in [1.165, 1.54) is 334 Å². The van der Waals surface area contributed by atoms with Crippen LogP contribution in [0.5, 0.6) is 0 Å². The molecule has 0 bridgehead atoms. The second kappa shape index (κ2) is 70.6. The Morgan fingerprint density at radius 1 is 0.341 bits per heavy atom. The standard InChI is InChI=1S/C79H151NO8/c1-6-8-10-12-14-16-18-20-22-24-26-28-30-32-33-34-35-36-37-38-39-40-41-42-43-44-45-46-48-50-52-54-56-58-60-62-64-66-68-70-77(82)88-75(74-87-79(78(83)84)85-72-71-80(3,4)5)73-86-76(81)69-67-65-63-61-59-57-55-53-51-49-47-31-29-27-25-23-21-19-17-15-13-11-9-7-2/h18,20,24,26,75,79H,6-17,19,21-23,25,27-74H2,1-5H3/b20-18-,26-24-. The van der Waals surface area contributed by atoms with Gasteiger partial charge in [0.2, 0.25) is 0 Å². The number of allylic oxidation sites excluding steroid dienone is 4. The lowest BCUT2D eigenvalue weighted by atomic mass is 10.0. The summed E-state index contributed by atoms with van der Waals surface area (Å²) in [7, 11) is 5.95. The Bertz CT molecular complexity index is 1490. The van der Waals surface area contributed by atoms with Crippen molar-refractivity contribution in [3.63, 3.8) is 0 Å². The first-order valence-corrected chi connectivity index (χ1v) is 39.0. The minimum Gasteiger partial charge on any atom is -0.545 e. The van der Waals surface area contributed by atoms with Crippen molar-refractivity contribution >= 4 is 17.9 Å². The highest BCUT2D eigenvalue weighted by atomic mass is 16.7. The minimum atomic E-state index is -1.62. The number of hydrogen-bond donors (Lipinski definition) is 0. The van der Waals surface area contributed by atoms with Crippen LogP contribution in [0.25, 0.3) is 0 Å². The molecule has 0 amide bonds. The van der Waals surface area contributed by atoms with E-state index < -0.39 is 24.3 Å². The number of rotatable bonds is 74. The van der Waals surface area contributed by atoms with Crippen LogP contribution in [0.3, 0.4) is 0 Å². The Hall–Kier alpha value is -2.23. The van der Waals surface area contributed by atoms with E-state index in [-0.39, 0.29) is 32.2 Å². The van der Waals surface area contributed by atoms with Gasteiger partial charge in [0.25, 0.3) is 0 Å². The van der Waals surface area contributed by atoms with Gasteiger partial charge in [-0.3, -0.25) is 9.59 Å². The Labute approximate surface area is 548 Å². The number of carbonyl (C=O) groups is 3. The number of esters is 2. The molecule has 2 unspecified atom stereocenters. The van der Waals surface area contributed by atoms with Gasteiger partial charge < -0.3 is 33.3 Å². The fraction of sp³-hybridized carbons (Fsp3) is 0.911. The number of carboxylic acid groups (broad SMARTS) is 1. The van der Waals surface area contributed by atoms with E-state index in [2.05, 4.69) is 38.2 Å². The lowest BCUT2D eigenvalue weighted by Crippen LogP contribution is -2.44. The topological polar surface area (TPSA) is 111 Å². The summed E-state index contributed by atoms with van der Waals surface area (Å²) in [5, 5.41) is 11.8. The molecule has 0 aromatic heterocycles. The maximum Gasteiger partial charge on any atom is 0.306 e. The van der Waals surface area contributed by atoms with E-state index in [0.29, 0.717) is 17.4 Å². The summed E-state index contributed by atoms with van der Waals surface area (Å²) in [6.45, 7) is 4.83. The van der Waals surface area contributed by atoms with Crippen LogP contribution < -0.4 is 5.11 Å². The zero-order valence-corrected chi connectivity index (χ0v) is 59.6. The third-order valence-corrected chi connectivity index (χ3v) is 18.0. The first-order valence-electron chi connectivity index (χ1n) is 39.0. The van der Waals surface area contributed by atoms with Crippen molar-refractivity contribution in [3.8, 4) is 0 Å². The molecule has 0 N–H and O–H groups in total. The normalized spacial score (nSPS) is 12.7. The molecule has 0 fully saturated rings. The summed E-state index contributed by atoms with van der Waals surface area (Å²) in [6.07, 6.45) is 85.9. The molecule has 0 radical (unpaired) electrons. The third kappa shape index (κ3) is 71.2. The average Bonchev–Trinajstić information content (AvgIpc) is 3.52. The lowest BCUT2D eigenvalue weighted by molar-refractivity contribution is -0.870. The maximum atomic E-state index is 13.0. The summed E-state index contributed by atoms with van der Waals surface area (Å²) in [5.41, 5.74) is 0. The van der Waals surface area contributed by atoms with Crippen molar-refractivity contribution in [1.82, 2.24) is 0 Å². The van der Waals surface area contributed by atoms with E-state index in [4.69, 9.17) is 18.9 Å². The van der Waals surface area contributed by atoms with Gasteiger partial charge in [0.1, 0.15) is 13.2 Å². The molecule has 9 heteroatoms. The van der Waals surface area contributed by atoms with Crippen LogP contribution in [-0.4, -0.2) is 82.3 Å². The SMILES string of the molecule is CCCCCCC/C=C\C/C=C\CCCCCCCCCCCCCCCCCCCCCCCCCCCCCC(=O)OC(COC(=O)CCCCCCCCCCCCCCCCCCCCCCCCCC)COC(OCC[N+](C)(C)C)C(=O)[O-]. The number of likely N-dealkylation sites (N-methyl/N-ethyl adjacent to an activating group) is 1. The van der Waals surface area contributed by atoms with Gasteiger partial charge in [-0.1, -0.05) is 372 Å². The largest absolute Gasteiger partial charge is 0.545 e. The molecule has 0 rings (SSSR count). The van der Waals surface area contributed by atoms with Crippen molar-refractivity contribution < 1.29 is 42.9 Å². The predicted molar refractivity (Wildman–Crippen MR) is 376 cm³/mol. The Kier molecular flexibility index (Phi) is 68.8. The number of nitrogens with zero attached hydrogens (tertiary/aromatic N) is 1. The van der Waals surface area contributed by atoms with E-state index >= 15 is 0 Å². The smallest absolute Gasteiger partial charge is 0.306 e. The molecule has 0 aromatic carbocycles. The second-order valence-corrected chi connectivity index (χ2v) is 28.0. The summed E-state index contributed by atoms with van der Waals surface area (Å²) in [6, 6.07) is 0. The van der Waals surface area contributed by atoms with Crippen molar-refractivity contribution in [2.24, 2.45) is 0 Å². The fourth-order valence-electron chi connectivity index (χ4n) is 12.0. The first-order chi connectivity index (χ1) is 43.1. The maximum absolute atomic E-state index is 13.0. The molecule has 0 aromatic rings. The second-order valence-electron chi connectivity index (χ2n) is 28.0. The van der Waals surface area contributed by atoms with Gasteiger partial charge in [0, 0.05) is 12.8 Å². The Balaban J connectivity index is 3.94. The van der Waals surface area contributed by atoms with Gasteiger partial charge >= 0.3 is 11.9 Å². The quantitative estimate of drug-likeness (QED) is 0.0195. The van der Waals surface area contributed by atoms with Crippen molar-refractivity contribution in [1.29, 1.82) is 0 Å². The number of carboxylic acids is 1. The molecule has 0 spiro atoms. The fourth-order valence-corrected chi connectivity index (χ4v) is 12.0. The van der Waals surface area contributed by atoms with Gasteiger partial charge in [-0.05, 0) is 44.9 Å². The van der Waals surface area contributed by atoms with E-state index in [9.17, 15) is 19.5 Å². The molecule has 0 aliphatic rings. The molecule has 520 valence electrons. The molecule has 9 nitrogen and oxygen atoms in total. The van der Waals surface area contributed by atoms with Crippen LogP contribution >= 0.6 is 0 Å². The molecule has 2 atom stereocenters. The summed E-state index contributed by atoms with van der Waals surface area (Å²) < 4.78 is 22.9. The van der Waals surface area contributed by atoms with Crippen LogP contribution in [0.15, 0.2) is 24.3 Å². The molecule has 0 aliphatic carbocycles. The molecule has 0 aliphatic heterocycles. The Morgan fingerprint density at radius 3 is 0.898 bits per heavy atom. The van der Waals surface area contributed by atoms with Crippen molar-refractivity contribution in [3.05, 3.63) is 24.3 Å². The van der Waals surface area contributed by atoms with Gasteiger partial charge in [-0.15, -0.1) is 0 Å². The number of aliphatic carboxylic acids is 1. The van der Waals surface area contributed by atoms with E-state index in [1.54, 1.807) is 0 Å². The van der Waals surface area contributed by atoms with Crippen LogP contribution in [-0.2, 0) is 33.3 Å². The number of unbranched alkanes of at least 4 members (excludes halogenated alkanes) is 55. The zero-order chi connectivity index (χ0) is 64.0. The number of quaternary nitrogens is 1.